The third kappa shape index (κ3) is 4.91. The lowest BCUT2D eigenvalue weighted by atomic mass is 10.1. The summed E-state index contributed by atoms with van der Waals surface area (Å²) in [5, 5.41) is 2.66. The van der Waals surface area contributed by atoms with Crippen LogP contribution in [0.15, 0.2) is 51.4 Å². The van der Waals surface area contributed by atoms with E-state index in [-0.39, 0.29) is 11.7 Å². The van der Waals surface area contributed by atoms with Gasteiger partial charge in [-0.15, -0.1) is 0 Å². The molecular formula is C17H15Br2NO3. The van der Waals surface area contributed by atoms with Crippen molar-refractivity contribution in [3.8, 4) is 5.75 Å². The minimum Gasteiger partial charge on any atom is -0.481 e. The number of ketones is 1. The molecule has 1 amide bonds. The molecule has 120 valence electrons. The SMILES string of the molecule is CC(=O)Nc1ccc(C(=O)C(C)Oc2ccc(Br)cc2Br)cc1. The van der Waals surface area contributed by atoms with Gasteiger partial charge < -0.3 is 10.1 Å². The summed E-state index contributed by atoms with van der Waals surface area (Å²) in [6.45, 7) is 3.14. The van der Waals surface area contributed by atoms with Crippen molar-refractivity contribution in [3.63, 3.8) is 0 Å². The fourth-order valence-electron chi connectivity index (χ4n) is 1.97. The number of carbonyl (C=O) groups excluding carboxylic acids is 2. The third-order valence-electron chi connectivity index (χ3n) is 3.06. The molecule has 1 unspecified atom stereocenters. The first-order valence-corrected chi connectivity index (χ1v) is 8.49. The molecule has 23 heavy (non-hydrogen) atoms. The highest BCUT2D eigenvalue weighted by atomic mass is 79.9. The van der Waals surface area contributed by atoms with Gasteiger partial charge >= 0.3 is 0 Å². The number of ether oxygens (including phenoxy) is 1. The van der Waals surface area contributed by atoms with E-state index in [1.807, 2.05) is 12.1 Å². The van der Waals surface area contributed by atoms with E-state index in [0.717, 1.165) is 8.95 Å². The van der Waals surface area contributed by atoms with E-state index in [9.17, 15) is 9.59 Å². The largest absolute Gasteiger partial charge is 0.481 e. The molecule has 0 aliphatic rings. The summed E-state index contributed by atoms with van der Waals surface area (Å²) in [7, 11) is 0. The lowest BCUT2D eigenvalue weighted by Crippen LogP contribution is -2.24. The van der Waals surface area contributed by atoms with Crippen LogP contribution in [0.2, 0.25) is 0 Å². The van der Waals surface area contributed by atoms with Crippen molar-refractivity contribution in [3.05, 3.63) is 57.0 Å². The molecule has 0 heterocycles. The molecule has 2 aromatic rings. The van der Waals surface area contributed by atoms with Gasteiger partial charge in [0, 0.05) is 22.6 Å². The Kier molecular flexibility index (Phi) is 5.96. The van der Waals surface area contributed by atoms with Crippen LogP contribution in [0.1, 0.15) is 24.2 Å². The molecule has 0 aliphatic carbocycles. The van der Waals surface area contributed by atoms with Gasteiger partial charge in [0.15, 0.2) is 6.10 Å². The van der Waals surface area contributed by atoms with E-state index in [0.29, 0.717) is 17.0 Å². The fourth-order valence-corrected chi connectivity index (χ4v) is 3.11. The third-order valence-corrected chi connectivity index (χ3v) is 4.17. The molecule has 0 aliphatic heterocycles. The molecule has 1 atom stereocenters. The van der Waals surface area contributed by atoms with E-state index < -0.39 is 6.10 Å². The van der Waals surface area contributed by atoms with Crippen molar-refractivity contribution in [2.75, 3.05) is 5.32 Å². The molecule has 2 rings (SSSR count). The summed E-state index contributed by atoms with van der Waals surface area (Å²) >= 11 is 6.78. The summed E-state index contributed by atoms with van der Waals surface area (Å²) in [6.07, 6.45) is -0.626. The molecule has 0 saturated carbocycles. The average molecular weight is 441 g/mol. The van der Waals surface area contributed by atoms with Crippen molar-refractivity contribution in [2.45, 2.75) is 20.0 Å². The van der Waals surface area contributed by atoms with Crippen molar-refractivity contribution in [1.82, 2.24) is 0 Å². The zero-order valence-electron chi connectivity index (χ0n) is 12.6. The first kappa shape index (κ1) is 17.7. The van der Waals surface area contributed by atoms with Crippen LogP contribution < -0.4 is 10.1 Å². The Bertz CT molecular complexity index is 729. The molecule has 0 bridgehead atoms. The number of halogens is 2. The molecule has 0 spiro atoms. The van der Waals surface area contributed by atoms with Gasteiger partial charge in [0.05, 0.1) is 4.47 Å². The fraction of sp³-hybridized carbons (Fsp3) is 0.176. The highest BCUT2D eigenvalue weighted by Crippen LogP contribution is 2.29. The Balaban J connectivity index is 2.08. The van der Waals surface area contributed by atoms with Gasteiger partial charge in [-0.25, -0.2) is 0 Å². The minimum absolute atomic E-state index is 0.130. The van der Waals surface area contributed by atoms with Crippen LogP contribution in [0.4, 0.5) is 5.69 Å². The predicted molar refractivity (Wildman–Crippen MR) is 97.0 cm³/mol. The van der Waals surface area contributed by atoms with E-state index in [4.69, 9.17) is 4.74 Å². The zero-order chi connectivity index (χ0) is 17.0. The number of carbonyl (C=O) groups is 2. The lowest BCUT2D eigenvalue weighted by Gasteiger charge is -2.15. The van der Waals surface area contributed by atoms with E-state index in [1.54, 1.807) is 37.3 Å². The number of anilines is 1. The van der Waals surface area contributed by atoms with Crippen molar-refractivity contribution in [2.24, 2.45) is 0 Å². The van der Waals surface area contributed by atoms with E-state index in [2.05, 4.69) is 37.2 Å². The number of hydrogen-bond acceptors (Lipinski definition) is 3. The Morgan fingerprint density at radius 1 is 1.09 bits per heavy atom. The topological polar surface area (TPSA) is 55.4 Å². The Labute approximate surface area is 151 Å². The van der Waals surface area contributed by atoms with Crippen molar-refractivity contribution in [1.29, 1.82) is 0 Å². The number of rotatable bonds is 5. The van der Waals surface area contributed by atoms with Crippen molar-refractivity contribution >= 4 is 49.2 Å². The van der Waals surface area contributed by atoms with Crippen LogP contribution in [0.25, 0.3) is 0 Å². The van der Waals surface area contributed by atoms with Gasteiger partial charge in [0.1, 0.15) is 5.75 Å². The highest BCUT2D eigenvalue weighted by Gasteiger charge is 2.18. The van der Waals surface area contributed by atoms with Crippen LogP contribution in [0.3, 0.4) is 0 Å². The number of nitrogens with one attached hydrogen (secondary N) is 1. The van der Waals surface area contributed by atoms with Gasteiger partial charge in [-0.2, -0.15) is 0 Å². The standard InChI is InChI=1S/C17H15Br2NO3/c1-10(23-16-8-5-13(18)9-15(16)19)17(22)12-3-6-14(7-4-12)20-11(2)21/h3-10H,1-2H3,(H,20,21). The monoisotopic (exact) mass is 439 g/mol. The molecule has 0 fully saturated rings. The lowest BCUT2D eigenvalue weighted by molar-refractivity contribution is -0.114. The molecule has 4 nitrogen and oxygen atoms in total. The molecule has 0 aromatic heterocycles. The second kappa shape index (κ2) is 7.75. The first-order valence-electron chi connectivity index (χ1n) is 6.90. The number of hydrogen-bond donors (Lipinski definition) is 1. The number of Topliss-reactive ketones (excluding diaryl/α,β-unsaturated/α-hetero) is 1. The van der Waals surface area contributed by atoms with Crippen LogP contribution in [0.5, 0.6) is 5.75 Å². The average Bonchev–Trinajstić information content (AvgIpc) is 2.49. The van der Waals surface area contributed by atoms with Gasteiger partial charge in [-0.3, -0.25) is 9.59 Å². The van der Waals surface area contributed by atoms with Gasteiger partial charge in [0.25, 0.3) is 0 Å². The maximum absolute atomic E-state index is 12.4. The van der Waals surface area contributed by atoms with E-state index >= 15 is 0 Å². The summed E-state index contributed by atoms with van der Waals surface area (Å²) in [5.74, 6) is 0.318. The quantitative estimate of drug-likeness (QED) is 0.678. The van der Waals surface area contributed by atoms with Gasteiger partial charge in [-0.05, 0) is 65.3 Å². The highest BCUT2D eigenvalue weighted by molar-refractivity contribution is 9.11. The smallest absolute Gasteiger partial charge is 0.221 e. The Morgan fingerprint density at radius 2 is 1.74 bits per heavy atom. The van der Waals surface area contributed by atoms with Crippen LogP contribution in [-0.2, 0) is 4.79 Å². The Hall–Kier alpha value is -1.66. The van der Waals surface area contributed by atoms with Crippen LogP contribution in [0, 0.1) is 0 Å². The summed E-state index contributed by atoms with van der Waals surface area (Å²) in [5.41, 5.74) is 1.18. The van der Waals surface area contributed by atoms with Crippen molar-refractivity contribution < 1.29 is 14.3 Å². The normalized spacial score (nSPS) is 11.7. The minimum atomic E-state index is -0.626. The second-order valence-electron chi connectivity index (χ2n) is 4.96. The van der Waals surface area contributed by atoms with Gasteiger partial charge in [0.2, 0.25) is 11.7 Å². The van der Waals surface area contributed by atoms with Crippen LogP contribution in [-0.4, -0.2) is 17.8 Å². The molecule has 0 radical (unpaired) electrons. The maximum Gasteiger partial charge on any atom is 0.221 e. The zero-order valence-corrected chi connectivity index (χ0v) is 15.8. The second-order valence-corrected chi connectivity index (χ2v) is 6.73. The molecule has 2 aromatic carbocycles. The number of benzene rings is 2. The summed E-state index contributed by atoms with van der Waals surface area (Å²) in [6, 6.07) is 12.2. The molecule has 6 heteroatoms. The molecule has 0 saturated heterocycles. The first-order chi connectivity index (χ1) is 10.9. The summed E-state index contributed by atoms with van der Waals surface area (Å²) in [4.78, 5) is 23.4. The maximum atomic E-state index is 12.4. The molecule has 1 N–H and O–H groups in total. The predicted octanol–water partition coefficient (Wildman–Crippen LogP) is 4.82. The number of amides is 1. The Morgan fingerprint density at radius 3 is 2.30 bits per heavy atom. The van der Waals surface area contributed by atoms with E-state index in [1.165, 1.54) is 6.92 Å². The molecular weight excluding hydrogens is 426 g/mol. The van der Waals surface area contributed by atoms with Gasteiger partial charge in [-0.1, -0.05) is 15.9 Å². The van der Waals surface area contributed by atoms with Crippen LogP contribution >= 0.6 is 31.9 Å². The summed E-state index contributed by atoms with van der Waals surface area (Å²) < 4.78 is 7.42.